The van der Waals surface area contributed by atoms with Crippen molar-refractivity contribution < 1.29 is 9.31 Å². The summed E-state index contributed by atoms with van der Waals surface area (Å²) >= 11 is 0. The van der Waals surface area contributed by atoms with Crippen molar-refractivity contribution in [2.75, 3.05) is 0 Å². The van der Waals surface area contributed by atoms with Crippen LogP contribution >= 0.6 is 0 Å². The van der Waals surface area contributed by atoms with Crippen molar-refractivity contribution in [2.24, 2.45) is 0 Å². The summed E-state index contributed by atoms with van der Waals surface area (Å²) in [5.74, 6) is 0. The molecule has 1 saturated heterocycles. The lowest BCUT2D eigenvalue weighted by atomic mass is 9.78. The summed E-state index contributed by atoms with van der Waals surface area (Å²) in [5, 5.41) is 0. The first kappa shape index (κ1) is 20.6. The normalized spacial score (nSPS) is 18.8. The van der Waals surface area contributed by atoms with E-state index in [1.54, 1.807) is 0 Å². The van der Waals surface area contributed by atoms with Gasteiger partial charge in [0.2, 0.25) is 0 Å². The second kappa shape index (κ2) is 7.69. The van der Waals surface area contributed by atoms with Gasteiger partial charge in [0.15, 0.2) is 0 Å². The predicted molar refractivity (Wildman–Crippen MR) is 119 cm³/mol. The molecule has 2 aromatic rings. The summed E-state index contributed by atoms with van der Waals surface area (Å²) < 4.78 is 12.3. The second-order valence-electron chi connectivity index (χ2n) is 8.47. The average molecular weight is 375 g/mol. The summed E-state index contributed by atoms with van der Waals surface area (Å²) in [7, 11) is -0.337. The first-order chi connectivity index (χ1) is 13.1. The fourth-order valence-corrected chi connectivity index (χ4v) is 3.25. The van der Waals surface area contributed by atoms with Crippen molar-refractivity contribution in [1.82, 2.24) is 4.98 Å². The Kier molecular flexibility index (Phi) is 5.65. The molecule has 28 heavy (non-hydrogen) atoms. The van der Waals surface area contributed by atoms with Crippen LogP contribution in [0.25, 0.3) is 16.8 Å². The molecule has 146 valence electrons. The molecule has 2 heterocycles. The molecule has 0 aliphatic carbocycles. The Labute approximate surface area is 169 Å². The zero-order chi connectivity index (χ0) is 20.5. The average Bonchev–Trinajstić information content (AvgIpc) is 2.87. The molecule has 0 spiro atoms. The van der Waals surface area contributed by atoms with Gasteiger partial charge in [-0.2, -0.15) is 0 Å². The number of nitrogens with zero attached hydrogens (tertiary/aromatic N) is 1. The minimum Gasteiger partial charge on any atom is -0.399 e. The first-order valence-corrected chi connectivity index (χ1v) is 9.87. The quantitative estimate of drug-likeness (QED) is 0.534. The third kappa shape index (κ3) is 3.99. The maximum atomic E-state index is 6.14. The van der Waals surface area contributed by atoms with Crippen LogP contribution in [0.1, 0.15) is 52.7 Å². The predicted octanol–water partition coefficient (Wildman–Crippen LogP) is 5.34. The highest BCUT2D eigenvalue weighted by Gasteiger charge is 2.51. The minimum absolute atomic E-state index is 0.330. The zero-order valence-electron chi connectivity index (χ0n) is 18.0. The van der Waals surface area contributed by atoms with Crippen LogP contribution in [0.5, 0.6) is 0 Å². The molecule has 0 unspecified atom stereocenters. The van der Waals surface area contributed by atoms with Crippen molar-refractivity contribution in [3.63, 3.8) is 0 Å². The van der Waals surface area contributed by atoms with Crippen LogP contribution in [0.4, 0.5) is 0 Å². The van der Waals surface area contributed by atoms with Gasteiger partial charge in [-0.1, -0.05) is 42.5 Å². The zero-order valence-corrected chi connectivity index (χ0v) is 18.0. The lowest BCUT2D eigenvalue weighted by molar-refractivity contribution is 0.00578. The summed E-state index contributed by atoms with van der Waals surface area (Å²) in [6.45, 7) is 14.6. The number of aromatic nitrogens is 1. The molecule has 4 heteroatoms. The largest absolute Gasteiger partial charge is 0.494 e. The summed E-state index contributed by atoms with van der Waals surface area (Å²) in [5.41, 5.74) is 6.04. The van der Waals surface area contributed by atoms with Gasteiger partial charge in [-0.05, 0) is 76.7 Å². The number of rotatable bonds is 4. The van der Waals surface area contributed by atoms with E-state index >= 15 is 0 Å². The topological polar surface area (TPSA) is 31.4 Å². The van der Waals surface area contributed by atoms with Crippen LogP contribution in [-0.4, -0.2) is 23.3 Å². The number of pyridine rings is 1. The van der Waals surface area contributed by atoms with E-state index < -0.39 is 0 Å². The lowest BCUT2D eigenvalue weighted by Gasteiger charge is -2.32. The molecule has 1 aliphatic heterocycles. The van der Waals surface area contributed by atoms with Crippen molar-refractivity contribution in [2.45, 2.75) is 59.7 Å². The van der Waals surface area contributed by atoms with Crippen LogP contribution in [0.3, 0.4) is 0 Å². The van der Waals surface area contributed by atoms with Gasteiger partial charge in [-0.15, -0.1) is 0 Å². The first-order valence-electron chi connectivity index (χ1n) is 9.87. The van der Waals surface area contributed by atoms with Crippen molar-refractivity contribution in [1.29, 1.82) is 0 Å². The Hall–Kier alpha value is -2.17. The van der Waals surface area contributed by atoms with Gasteiger partial charge in [0.25, 0.3) is 0 Å². The Balaban J connectivity index is 1.82. The third-order valence-electron chi connectivity index (χ3n) is 5.81. The smallest absolute Gasteiger partial charge is 0.399 e. The third-order valence-corrected chi connectivity index (χ3v) is 5.81. The van der Waals surface area contributed by atoms with Gasteiger partial charge < -0.3 is 9.31 Å². The number of hydrogen-bond donors (Lipinski definition) is 0. The van der Waals surface area contributed by atoms with Gasteiger partial charge >= 0.3 is 7.12 Å². The standard InChI is InChI=1S/C24H30BNO2/c1-8-9-10-17(2)21-16-26-22(15-18(21)3)19-11-13-20(14-12-19)25-27-23(4,5)24(6,7)28-25/h8-16H,1-7H3/b9-8-,17-10+. The molecule has 1 fully saturated rings. The van der Waals surface area contributed by atoms with E-state index in [9.17, 15) is 0 Å². The van der Waals surface area contributed by atoms with Gasteiger partial charge in [0, 0.05) is 11.8 Å². The highest BCUT2D eigenvalue weighted by Crippen LogP contribution is 2.36. The molecule has 0 radical (unpaired) electrons. The molecule has 1 aromatic heterocycles. The van der Waals surface area contributed by atoms with Crippen molar-refractivity contribution >= 4 is 18.2 Å². The highest BCUT2D eigenvalue weighted by atomic mass is 16.7. The Bertz CT molecular complexity index is 895. The van der Waals surface area contributed by atoms with E-state index in [4.69, 9.17) is 9.31 Å². The van der Waals surface area contributed by atoms with E-state index in [0.29, 0.717) is 0 Å². The summed E-state index contributed by atoms with van der Waals surface area (Å²) in [6, 6.07) is 10.5. The van der Waals surface area contributed by atoms with Gasteiger partial charge in [0.1, 0.15) is 0 Å². The highest BCUT2D eigenvalue weighted by molar-refractivity contribution is 6.62. The molecular formula is C24H30BNO2. The van der Waals surface area contributed by atoms with E-state index in [2.05, 4.69) is 89.0 Å². The molecule has 3 rings (SSSR count). The summed E-state index contributed by atoms with van der Waals surface area (Å²) in [4.78, 5) is 4.68. The molecule has 1 aromatic carbocycles. The summed E-state index contributed by atoms with van der Waals surface area (Å²) in [6.07, 6.45) is 8.16. The maximum absolute atomic E-state index is 6.14. The fraction of sp³-hybridized carbons (Fsp3) is 0.375. The van der Waals surface area contributed by atoms with Gasteiger partial charge in [0.05, 0.1) is 16.9 Å². The maximum Gasteiger partial charge on any atom is 0.494 e. The number of aryl methyl sites for hydroxylation is 1. The van der Waals surface area contributed by atoms with Gasteiger partial charge in [-0.25, -0.2) is 0 Å². The molecule has 1 aliphatic rings. The molecule has 0 saturated carbocycles. The SMILES string of the molecule is C/C=C\C=C(/C)c1cnc(-c2ccc(B3OC(C)(C)C(C)(C)O3)cc2)cc1C. The Morgan fingerprint density at radius 1 is 1.04 bits per heavy atom. The molecule has 0 atom stereocenters. The van der Waals surface area contributed by atoms with Crippen LogP contribution in [0, 0.1) is 6.92 Å². The Morgan fingerprint density at radius 2 is 1.64 bits per heavy atom. The lowest BCUT2D eigenvalue weighted by Crippen LogP contribution is -2.41. The van der Waals surface area contributed by atoms with Gasteiger partial charge in [-0.3, -0.25) is 4.98 Å². The molecule has 0 bridgehead atoms. The fourth-order valence-electron chi connectivity index (χ4n) is 3.25. The number of hydrogen-bond acceptors (Lipinski definition) is 3. The van der Waals surface area contributed by atoms with Crippen molar-refractivity contribution in [3.8, 4) is 11.3 Å². The number of benzene rings is 1. The van der Waals surface area contributed by atoms with Crippen LogP contribution in [0.2, 0.25) is 0 Å². The molecule has 3 nitrogen and oxygen atoms in total. The Morgan fingerprint density at radius 3 is 2.18 bits per heavy atom. The van der Waals surface area contributed by atoms with E-state index in [-0.39, 0.29) is 18.3 Å². The van der Waals surface area contributed by atoms with Crippen molar-refractivity contribution in [3.05, 3.63) is 65.9 Å². The monoisotopic (exact) mass is 375 g/mol. The van der Waals surface area contributed by atoms with Crippen LogP contribution in [0.15, 0.2) is 54.8 Å². The second-order valence-corrected chi connectivity index (χ2v) is 8.47. The van der Waals surface area contributed by atoms with E-state index in [0.717, 1.165) is 16.7 Å². The van der Waals surface area contributed by atoms with E-state index in [1.807, 2.05) is 19.2 Å². The molecular weight excluding hydrogens is 345 g/mol. The molecule has 0 amide bonds. The van der Waals surface area contributed by atoms with Crippen LogP contribution < -0.4 is 5.46 Å². The van der Waals surface area contributed by atoms with Crippen LogP contribution in [-0.2, 0) is 9.31 Å². The van der Waals surface area contributed by atoms with E-state index in [1.165, 1.54) is 16.7 Å². The minimum atomic E-state index is -0.337. The molecule has 0 N–H and O–H groups in total. The number of allylic oxidation sites excluding steroid dienone is 4.